The van der Waals surface area contributed by atoms with Gasteiger partial charge in [-0.05, 0) is 19.3 Å². The van der Waals surface area contributed by atoms with Crippen molar-refractivity contribution in [2.45, 2.75) is 40.7 Å². The molecule has 0 spiro atoms. The first-order valence-corrected chi connectivity index (χ1v) is 6.28. The molecule has 13 heavy (non-hydrogen) atoms. The average molecular weight is 207 g/mol. The fourth-order valence-corrected chi connectivity index (χ4v) is 2.51. The molecule has 0 saturated carbocycles. The first-order valence-electron chi connectivity index (χ1n) is 4.48. The lowest BCUT2D eigenvalue weighted by molar-refractivity contribution is 0.248. The topological polar surface area (TPSA) is 72.3 Å². The Kier molecular flexibility index (Phi) is 4.13. The number of rotatable bonds is 3. The van der Waals surface area contributed by atoms with E-state index in [0.717, 1.165) is 0 Å². The molecular weight excluding hydrogens is 185 g/mol. The van der Waals surface area contributed by atoms with Gasteiger partial charge in [0.2, 0.25) is 0 Å². The van der Waals surface area contributed by atoms with Crippen molar-refractivity contribution in [2.24, 2.45) is 16.4 Å². The van der Waals surface area contributed by atoms with Crippen LogP contribution in [0.5, 0.6) is 0 Å². The van der Waals surface area contributed by atoms with Crippen LogP contribution in [0.15, 0.2) is 0 Å². The highest BCUT2D eigenvalue weighted by atomic mass is 31.2. The summed E-state index contributed by atoms with van der Waals surface area (Å²) in [6.07, 6.45) is 0. The fraction of sp³-hybridized carbons (Fsp3) is 1.00. The minimum absolute atomic E-state index is 0.0542. The highest BCUT2D eigenvalue weighted by Crippen LogP contribution is 2.36. The van der Waals surface area contributed by atoms with Crippen LogP contribution in [0.3, 0.4) is 0 Å². The molecule has 0 saturated heterocycles. The Morgan fingerprint density at radius 2 is 1.69 bits per heavy atom. The van der Waals surface area contributed by atoms with Gasteiger partial charge in [-0.25, -0.2) is 4.67 Å². The summed E-state index contributed by atoms with van der Waals surface area (Å²) < 4.78 is 13.2. The van der Waals surface area contributed by atoms with Gasteiger partial charge in [-0.3, -0.25) is 15.6 Å². The minimum atomic E-state index is -3.10. The van der Waals surface area contributed by atoms with E-state index < -0.39 is 7.59 Å². The number of hydrogen-bond acceptors (Lipinski definition) is 1. The Morgan fingerprint density at radius 1 is 1.31 bits per heavy atom. The Hall–Kier alpha value is 0.110. The van der Waals surface area contributed by atoms with Gasteiger partial charge in [-0.1, -0.05) is 20.8 Å². The molecule has 0 unspecified atom stereocenters. The van der Waals surface area contributed by atoms with E-state index in [0.29, 0.717) is 6.54 Å². The lowest BCUT2D eigenvalue weighted by Gasteiger charge is -2.34. The average Bonchev–Trinajstić information content (AvgIpc) is 1.77. The molecule has 0 amide bonds. The van der Waals surface area contributed by atoms with Crippen LogP contribution in [0.25, 0.3) is 0 Å². The van der Waals surface area contributed by atoms with E-state index in [1.165, 1.54) is 0 Å². The van der Waals surface area contributed by atoms with Crippen molar-refractivity contribution < 1.29 is 4.57 Å². The van der Waals surface area contributed by atoms with E-state index in [4.69, 9.17) is 11.0 Å². The van der Waals surface area contributed by atoms with Crippen molar-refractivity contribution in [2.75, 3.05) is 6.54 Å². The summed E-state index contributed by atoms with van der Waals surface area (Å²) in [5.41, 5.74) is 10.9. The Morgan fingerprint density at radius 3 is 1.77 bits per heavy atom. The molecule has 80 valence electrons. The summed E-state index contributed by atoms with van der Waals surface area (Å²) in [5.74, 6) is 0. The van der Waals surface area contributed by atoms with Crippen LogP contribution in [0.1, 0.15) is 34.6 Å². The van der Waals surface area contributed by atoms with Crippen molar-refractivity contribution in [3.8, 4) is 0 Å². The predicted octanol–water partition coefficient (Wildman–Crippen LogP) is 1.77. The van der Waals surface area contributed by atoms with Gasteiger partial charge in [0.05, 0.1) is 0 Å². The molecule has 4 N–H and O–H groups in total. The predicted molar refractivity (Wildman–Crippen MR) is 57.3 cm³/mol. The molecule has 0 rings (SSSR count). The fourth-order valence-electron chi connectivity index (χ4n) is 1.14. The first kappa shape index (κ1) is 13.1. The normalized spacial score (nSPS) is 14.2. The lowest BCUT2D eigenvalue weighted by atomic mass is 9.97. The lowest BCUT2D eigenvalue weighted by Crippen LogP contribution is -2.39. The quantitative estimate of drug-likeness (QED) is 0.692. The molecule has 0 aromatic carbocycles. The molecule has 0 heterocycles. The zero-order valence-corrected chi connectivity index (χ0v) is 10.1. The third kappa shape index (κ3) is 5.42. The second kappa shape index (κ2) is 4.09. The second-order valence-electron chi connectivity index (χ2n) is 4.92. The molecular formula is C8H22N3OP. The second-order valence-corrected chi connectivity index (χ2v) is 6.78. The van der Waals surface area contributed by atoms with Crippen LogP contribution in [-0.4, -0.2) is 17.3 Å². The molecule has 0 aliphatic rings. The minimum Gasteiger partial charge on any atom is -0.271 e. The van der Waals surface area contributed by atoms with Gasteiger partial charge in [0, 0.05) is 12.6 Å². The van der Waals surface area contributed by atoms with Crippen LogP contribution < -0.4 is 11.0 Å². The monoisotopic (exact) mass is 207 g/mol. The van der Waals surface area contributed by atoms with Crippen molar-refractivity contribution in [3.63, 3.8) is 0 Å². The molecule has 0 aromatic rings. The molecule has 0 aliphatic carbocycles. The molecule has 5 heteroatoms. The van der Waals surface area contributed by atoms with Crippen molar-refractivity contribution in [1.29, 1.82) is 0 Å². The highest BCUT2D eigenvalue weighted by Gasteiger charge is 2.28. The standard InChI is InChI=1S/C8H22N3OP/c1-7(2)11(13(9,10)12)6-8(3,4)5/h7H,6H2,1-5H3,(H4,9,10,12). The van der Waals surface area contributed by atoms with Crippen molar-refractivity contribution >= 4 is 7.59 Å². The maximum Gasteiger partial charge on any atom is 0.276 e. The SMILES string of the molecule is CC(C)N(CC(C)(C)C)P(N)(N)=O. The third-order valence-corrected chi connectivity index (χ3v) is 3.04. The van der Waals surface area contributed by atoms with Gasteiger partial charge in [-0.15, -0.1) is 0 Å². The zero-order valence-electron chi connectivity index (χ0n) is 9.24. The molecule has 0 bridgehead atoms. The van der Waals surface area contributed by atoms with Gasteiger partial charge in [0.25, 0.3) is 7.59 Å². The highest BCUT2D eigenvalue weighted by molar-refractivity contribution is 7.56. The summed E-state index contributed by atoms with van der Waals surface area (Å²) in [4.78, 5) is 0. The molecule has 0 aliphatic heterocycles. The van der Waals surface area contributed by atoms with Crippen molar-refractivity contribution in [1.82, 2.24) is 4.67 Å². The Balaban J connectivity index is 4.57. The smallest absolute Gasteiger partial charge is 0.271 e. The van der Waals surface area contributed by atoms with Gasteiger partial charge >= 0.3 is 0 Å². The largest absolute Gasteiger partial charge is 0.276 e. The molecule has 4 nitrogen and oxygen atoms in total. The number of nitrogens with zero attached hydrogens (tertiary/aromatic N) is 1. The Bertz CT molecular complexity index is 204. The van der Waals surface area contributed by atoms with Gasteiger partial charge in [0.15, 0.2) is 0 Å². The zero-order chi connectivity index (χ0) is 10.9. The van der Waals surface area contributed by atoms with Gasteiger partial charge < -0.3 is 0 Å². The summed E-state index contributed by atoms with van der Waals surface area (Å²) in [6.45, 7) is 10.7. The number of hydrogen-bond donors (Lipinski definition) is 2. The Labute approximate surface area is 81.2 Å². The van der Waals surface area contributed by atoms with Gasteiger partial charge in [0.1, 0.15) is 0 Å². The molecule has 0 atom stereocenters. The van der Waals surface area contributed by atoms with E-state index in [2.05, 4.69) is 20.8 Å². The summed E-state index contributed by atoms with van der Waals surface area (Å²) >= 11 is 0. The van der Waals surface area contributed by atoms with E-state index >= 15 is 0 Å². The van der Waals surface area contributed by atoms with Crippen LogP contribution in [-0.2, 0) is 4.57 Å². The maximum atomic E-state index is 11.5. The summed E-state index contributed by atoms with van der Waals surface area (Å²) in [6, 6.07) is 0.111. The van der Waals surface area contributed by atoms with E-state index in [1.54, 1.807) is 4.67 Å². The van der Waals surface area contributed by atoms with E-state index in [9.17, 15) is 4.57 Å². The van der Waals surface area contributed by atoms with Crippen LogP contribution in [0.2, 0.25) is 0 Å². The molecule has 0 fully saturated rings. The molecule has 0 aromatic heterocycles. The number of nitrogens with two attached hydrogens (primary N) is 2. The van der Waals surface area contributed by atoms with Gasteiger partial charge in [-0.2, -0.15) is 0 Å². The van der Waals surface area contributed by atoms with E-state index in [-0.39, 0.29) is 11.5 Å². The maximum absolute atomic E-state index is 11.5. The summed E-state index contributed by atoms with van der Waals surface area (Å²) in [5, 5.41) is 0. The molecule has 0 radical (unpaired) electrons. The van der Waals surface area contributed by atoms with Crippen LogP contribution in [0.4, 0.5) is 0 Å². The van der Waals surface area contributed by atoms with E-state index in [1.807, 2.05) is 13.8 Å². The summed E-state index contributed by atoms with van der Waals surface area (Å²) in [7, 11) is -3.10. The van der Waals surface area contributed by atoms with Crippen molar-refractivity contribution in [3.05, 3.63) is 0 Å². The first-order chi connectivity index (χ1) is 5.54. The van der Waals surface area contributed by atoms with Crippen LogP contribution in [0, 0.1) is 5.41 Å². The van der Waals surface area contributed by atoms with Crippen LogP contribution >= 0.6 is 7.59 Å². The third-order valence-electron chi connectivity index (χ3n) is 1.63.